The number of aliphatic hydroxyl groups is 1. The van der Waals surface area contributed by atoms with Crippen molar-refractivity contribution in [1.82, 2.24) is 0 Å². The van der Waals surface area contributed by atoms with Crippen LogP contribution in [0.5, 0.6) is 0 Å². The highest BCUT2D eigenvalue weighted by Crippen LogP contribution is 2.27. The van der Waals surface area contributed by atoms with Crippen molar-refractivity contribution < 1.29 is 15.0 Å². The van der Waals surface area contributed by atoms with E-state index in [0.717, 1.165) is 12.0 Å². The molecule has 2 N–H and O–H groups in total. The van der Waals surface area contributed by atoms with E-state index in [1.807, 2.05) is 19.1 Å². The molecule has 0 aromatic heterocycles. The summed E-state index contributed by atoms with van der Waals surface area (Å²) in [6.45, 7) is 3.49. The molecule has 100 valence electrons. The van der Waals surface area contributed by atoms with E-state index < -0.39 is 17.5 Å². The molecule has 0 radical (unpaired) electrons. The van der Waals surface area contributed by atoms with Gasteiger partial charge in [0.1, 0.15) is 0 Å². The van der Waals surface area contributed by atoms with Gasteiger partial charge in [-0.2, -0.15) is 0 Å². The number of aliphatic carboxylic acids is 1. The number of carbonyl (C=O) groups is 1. The first-order chi connectivity index (χ1) is 8.36. The monoisotopic (exact) mass is 270 g/mol. The molecule has 0 aliphatic carbocycles. The molecule has 0 aliphatic rings. The molecule has 0 saturated carbocycles. The maximum absolute atomic E-state index is 11.2. The number of halogens is 1. The molecule has 1 aromatic rings. The number of hydrogen-bond acceptors (Lipinski definition) is 2. The number of hydrogen-bond donors (Lipinski definition) is 2. The molecule has 1 aromatic carbocycles. The quantitative estimate of drug-likeness (QED) is 0.835. The minimum Gasteiger partial charge on any atom is -0.481 e. The minimum absolute atomic E-state index is 0.307. The van der Waals surface area contributed by atoms with E-state index in [0.29, 0.717) is 17.9 Å². The van der Waals surface area contributed by atoms with E-state index in [2.05, 4.69) is 0 Å². The standard InChI is InChI=1S/C14H19ClO3/c1-3-4-12(13(16)17)14(2,18)9-10-5-7-11(15)8-6-10/h5-8,12,18H,3-4,9H2,1-2H3,(H,16,17). The third-order valence-electron chi connectivity index (χ3n) is 3.10. The van der Waals surface area contributed by atoms with Crippen molar-refractivity contribution in [3.05, 3.63) is 34.9 Å². The van der Waals surface area contributed by atoms with Gasteiger partial charge in [-0.05, 0) is 31.0 Å². The van der Waals surface area contributed by atoms with Gasteiger partial charge in [0.05, 0.1) is 11.5 Å². The highest BCUT2D eigenvalue weighted by molar-refractivity contribution is 6.30. The Kier molecular flexibility index (Phi) is 5.17. The van der Waals surface area contributed by atoms with Gasteiger partial charge in [-0.15, -0.1) is 0 Å². The molecule has 0 bridgehead atoms. The zero-order chi connectivity index (χ0) is 13.8. The summed E-state index contributed by atoms with van der Waals surface area (Å²) in [5, 5.41) is 20.2. The van der Waals surface area contributed by atoms with Crippen LogP contribution < -0.4 is 0 Å². The second-order valence-electron chi connectivity index (χ2n) is 4.84. The Bertz CT molecular complexity index is 398. The number of carboxylic acid groups (broad SMARTS) is 1. The molecule has 3 nitrogen and oxygen atoms in total. The van der Waals surface area contributed by atoms with Gasteiger partial charge in [0.15, 0.2) is 0 Å². The molecule has 0 saturated heterocycles. The summed E-state index contributed by atoms with van der Waals surface area (Å²) in [6, 6.07) is 7.09. The first-order valence-electron chi connectivity index (χ1n) is 6.06. The summed E-state index contributed by atoms with van der Waals surface area (Å²) in [5.74, 6) is -1.70. The lowest BCUT2D eigenvalue weighted by Crippen LogP contribution is -2.41. The van der Waals surface area contributed by atoms with Gasteiger partial charge in [-0.3, -0.25) is 4.79 Å². The molecular formula is C14H19ClO3. The van der Waals surface area contributed by atoms with E-state index in [4.69, 9.17) is 11.6 Å². The summed E-state index contributed by atoms with van der Waals surface area (Å²) in [6.07, 6.45) is 1.50. The van der Waals surface area contributed by atoms with Crippen LogP contribution in [0.2, 0.25) is 5.02 Å². The predicted molar refractivity (Wildman–Crippen MR) is 71.8 cm³/mol. The molecular weight excluding hydrogens is 252 g/mol. The van der Waals surface area contributed by atoms with E-state index in [1.165, 1.54) is 0 Å². The molecule has 18 heavy (non-hydrogen) atoms. The predicted octanol–water partition coefficient (Wildman–Crippen LogP) is 3.13. The van der Waals surface area contributed by atoms with Crippen LogP contribution in [0.1, 0.15) is 32.3 Å². The van der Waals surface area contributed by atoms with Crippen LogP contribution in [-0.4, -0.2) is 21.8 Å². The number of rotatable bonds is 6. The fraction of sp³-hybridized carbons (Fsp3) is 0.500. The normalized spacial score (nSPS) is 16.0. The highest BCUT2D eigenvalue weighted by Gasteiger charge is 2.36. The summed E-state index contributed by atoms with van der Waals surface area (Å²) in [4.78, 5) is 11.2. The van der Waals surface area contributed by atoms with Crippen LogP contribution in [0.25, 0.3) is 0 Å². The zero-order valence-corrected chi connectivity index (χ0v) is 11.4. The Morgan fingerprint density at radius 2 is 1.94 bits per heavy atom. The van der Waals surface area contributed by atoms with Crippen molar-refractivity contribution in [3.63, 3.8) is 0 Å². The summed E-state index contributed by atoms with van der Waals surface area (Å²) >= 11 is 5.79. The van der Waals surface area contributed by atoms with Crippen molar-refractivity contribution in [2.45, 2.75) is 38.7 Å². The van der Waals surface area contributed by atoms with Crippen LogP contribution in [0.4, 0.5) is 0 Å². The second-order valence-corrected chi connectivity index (χ2v) is 5.28. The van der Waals surface area contributed by atoms with Gasteiger partial charge < -0.3 is 10.2 Å². The van der Waals surface area contributed by atoms with Gasteiger partial charge in [0.2, 0.25) is 0 Å². The van der Waals surface area contributed by atoms with Gasteiger partial charge in [-0.1, -0.05) is 37.1 Å². The van der Waals surface area contributed by atoms with Crippen molar-refractivity contribution in [3.8, 4) is 0 Å². The van der Waals surface area contributed by atoms with Gasteiger partial charge in [0.25, 0.3) is 0 Å². The Hall–Kier alpha value is -1.06. The summed E-state index contributed by atoms with van der Waals surface area (Å²) < 4.78 is 0. The zero-order valence-electron chi connectivity index (χ0n) is 10.7. The lowest BCUT2D eigenvalue weighted by Gasteiger charge is -2.30. The third kappa shape index (κ3) is 4.00. The molecule has 4 heteroatoms. The smallest absolute Gasteiger partial charge is 0.309 e. The fourth-order valence-electron chi connectivity index (χ4n) is 2.13. The van der Waals surface area contributed by atoms with Crippen LogP contribution >= 0.6 is 11.6 Å². The Labute approximate surface area is 112 Å². The largest absolute Gasteiger partial charge is 0.481 e. The molecule has 2 unspecified atom stereocenters. The maximum Gasteiger partial charge on any atom is 0.309 e. The van der Waals surface area contributed by atoms with Gasteiger partial charge in [0, 0.05) is 11.4 Å². The van der Waals surface area contributed by atoms with Crippen molar-refractivity contribution in [1.29, 1.82) is 0 Å². The SMILES string of the molecule is CCCC(C(=O)O)C(C)(O)Cc1ccc(Cl)cc1. The van der Waals surface area contributed by atoms with Crippen molar-refractivity contribution >= 4 is 17.6 Å². The van der Waals surface area contributed by atoms with E-state index in [9.17, 15) is 15.0 Å². The molecule has 0 aliphatic heterocycles. The Balaban J connectivity index is 2.84. The van der Waals surface area contributed by atoms with E-state index >= 15 is 0 Å². The number of benzene rings is 1. The lowest BCUT2D eigenvalue weighted by atomic mass is 9.81. The third-order valence-corrected chi connectivity index (χ3v) is 3.35. The fourth-order valence-corrected chi connectivity index (χ4v) is 2.25. The van der Waals surface area contributed by atoms with Gasteiger partial charge >= 0.3 is 5.97 Å². The maximum atomic E-state index is 11.2. The van der Waals surface area contributed by atoms with Crippen molar-refractivity contribution in [2.24, 2.45) is 5.92 Å². The van der Waals surface area contributed by atoms with Crippen LogP contribution in [0, 0.1) is 5.92 Å². The summed E-state index contributed by atoms with van der Waals surface area (Å²) in [5.41, 5.74) is -0.373. The molecule has 1 rings (SSSR count). The molecule has 0 spiro atoms. The second kappa shape index (κ2) is 6.21. The Morgan fingerprint density at radius 1 is 1.39 bits per heavy atom. The van der Waals surface area contributed by atoms with Gasteiger partial charge in [-0.25, -0.2) is 0 Å². The minimum atomic E-state index is -1.25. The first-order valence-corrected chi connectivity index (χ1v) is 6.44. The molecule has 0 fully saturated rings. The average molecular weight is 271 g/mol. The lowest BCUT2D eigenvalue weighted by molar-refractivity contribution is -0.151. The summed E-state index contributed by atoms with van der Waals surface area (Å²) in [7, 11) is 0. The Morgan fingerprint density at radius 3 is 2.39 bits per heavy atom. The van der Waals surface area contributed by atoms with Crippen LogP contribution in [0.3, 0.4) is 0 Å². The van der Waals surface area contributed by atoms with Crippen LogP contribution in [-0.2, 0) is 11.2 Å². The molecule has 0 heterocycles. The average Bonchev–Trinajstić information content (AvgIpc) is 2.28. The van der Waals surface area contributed by atoms with Crippen molar-refractivity contribution in [2.75, 3.05) is 0 Å². The topological polar surface area (TPSA) is 57.5 Å². The number of carboxylic acids is 1. The van der Waals surface area contributed by atoms with E-state index in [1.54, 1.807) is 19.1 Å². The highest BCUT2D eigenvalue weighted by atomic mass is 35.5. The first kappa shape index (κ1) is 15.0. The van der Waals surface area contributed by atoms with Crippen LogP contribution in [0.15, 0.2) is 24.3 Å². The molecule has 0 amide bonds. The van der Waals surface area contributed by atoms with E-state index in [-0.39, 0.29) is 0 Å². The molecule has 2 atom stereocenters.